The van der Waals surface area contributed by atoms with Crippen molar-refractivity contribution in [1.29, 1.82) is 0 Å². The molecule has 4 rings (SSSR count). The van der Waals surface area contributed by atoms with Crippen LogP contribution < -0.4 is 0 Å². The average Bonchev–Trinajstić information content (AvgIpc) is 3.37. The van der Waals surface area contributed by atoms with E-state index in [1.807, 2.05) is 21.8 Å². The van der Waals surface area contributed by atoms with Crippen LogP contribution in [0.3, 0.4) is 0 Å². The molecule has 1 fully saturated rings. The molecule has 0 bridgehead atoms. The van der Waals surface area contributed by atoms with Crippen LogP contribution in [0, 0.1) is 5.82 Å². The van der Waals surface area contributed by atoms with Gasteiger partial charge in [-0.05, 0) is 43.2 Å². The third-order valence-electron chi connectivity index (χ3n) is 4.56. The summed E-state index contributed by atoms with van der Waals surface area (Å²) in [4.78, 5) is 19.1. The second kappa shape index (κ2) is 6.51. The number of rotatable bonds is 4. The Kier molecular flexibility index (Phi) is 4.05. The largest absolute Gasteiger partial charge is 0.332 e. The zero-order valence-corrected chi connectivity index (χ0v) is 13.6. The second-order valence-corrected chi connectivity index (χ2v) is 6.15. The molecule has 0 spiro atoms. The van der Waals surface area contributed by atoms with Crippen LogP contribution in [0.15, 0.2) is 55.2 Å². The maximum atomic E-state index is 13.2. The Morgan fingerprint density at radius 1 is 1.28 bits per heavy atom. The van der Waals surface area contributed by atoms with Crippen molar-refractivity contribution in [2.24, 2.45) is 0 Å². The molecule has 0 unspecified atom stereocenters. The number of benzene rings is 1. The Bertz CT molecular complexity index is 856. The summed E-state index contributed by atoms with van der Waals surface area (Å²) in [5.41, 5.74) is 1.20. The van der Waals surface area contributed by atoms with Crippen molar-refractivity contribution in [3.8, 4) is 5.69 Å². The molecule has 1 aliphatic heterocycles. The highest BCUT2D eigenvalue weighted by Crippen LogP contribution is 2.22. The lowest BCUT2D eigenvalue weighted by Crippen LogP contribution is -2.39. The summed E-state index contributed by atoms with van der Waals surface area (Å²) in [6.45, 7) is 1.41. The van der Waals surface area contributed by atoms with Gasteiger partial charge in [0, 0.05) is 24.6 Å². The van der Waals surface area contributed by atoms with Gasteiger partial charge in [0.05, 0.1) is 25.1 Å². The van der Waals surface area contributed by atoms with Crippen molar-refractivity contribution >= 4 is 5.91 Å². The van der Waals surface area contributed by atoms with E-state index in [2.05, 4.69) is 10.1 Å². The van der Waals surface area contributed by atoms with E-state index in [1.165, 1.54) is 12.1 Å². The number of nitrogens with zero attached hydrogens (tertiary/aromatic N) is 5. The SMILES string of the molecule is O=C(c1cncn1-c1ccc(F)cc1)N1CCC[C@H]1Cn1cccn1. The van der Waals surface area contributed by atoms with Crippen LogP contribution in [0.2, 0.25) is 0 Å². The molecule has 6 nitrogen and oxygen atoms in total. The monoisotopic (exact) mass is 339 g/mol. The van der Waals surface area contributed by atoms with Crippen molar-refractivity contribution < 1.29 is 9.18 Å². The number of hydrogen-bond donors (Lipinski definition) is 0. The first-order chi connectivity index (χ1) is 12.2. The van der Waals surface area contributed by atoms with Crippen LogP contribution in [0.5, 0.6) is 0 Å². The molecular formula is C18H18FN5O. The predicted molar refractivity (Wildman–Crippen MR) is 89.8 cm³/mol. The summed E-state index contributed by atoms with van der Waals surface area (Å²) >= 11 is 0. The van der Waals surface area contributed by atoms with Gasteiger partial charge in [-0.1, -0.05) is 0 Å². The number of carbonyl (C=O) groups excluding carboxylic acids is 1. The van der Waals surface area contributed by atoms with Gasteiger partial charge in [-0.3, -0.25) is 14.0 Å². The molecule has 1 aromatic carbocycles. The van der Waals surface area contributed by atoms with E-state index in [4.69, 9.17) is 0 Å². The Morgan fingerprint density at radius 2 is 2.12 bits per heavy atom. The van der Waals surface area contributed by atoms with Gasteiger partial charge in [0.1, 0.15) is 11.5 Å². The highest BCUT2D eigenvalue weighted by molar-refractivity contribution is 5.93. The van der Waals surface area contributed by atoms with E-state index in [0.717, 1.165) is 19.4 Å². The molecule has 128 valence electrons. The molecule has 1 saturated heterocycles. The molecule has 1 amide bonds. The molecule has 0 radical (unpaired) electrons. The molecule has 0 aliphatic carbocycles. The van der Waals surface area contributed by atoms with Crippen molar-refractivity contribution in [3.63, 3.8) is 0 Å². The first kappa shape index (κ1) is 15.6. The van der Waals surface area contributed by atoms with E-state index in [9.17, 15) is 9.18 Å². The number of amides is 1. The Morgan fingerprint density at radius 3 is 2.88 bits per heavy atom. The zero-order chi connectivity index (χ0) is 17.2. The number of aromatic nitrogens is 4. The molecule has 25 heavy (non-hydrogen) atoms. The number of halogens is 1. The number of hydrogen-bond acceptors (Lipinski definition) is 3. The van der Waals surface area contributed by atoms with Crippen LogP contribution in [0.4, 0.5) is 4.39 Å². The highest BCUT2D eigenvalue weighted by Gasteiger charge is 2.31. The van der Waals surface area contributed by atoms with Gasteiger partial charge in [0.25, 0.3) is 5.91 Å². The summed E-state index contributed by atoms with van der Waals surface area (Å²) in [6.07, 6.45) is 8.72. The van der Waals surface area contributed by atoms with E-state index in [1.54, 1.807) is 35.4 Å². The van der Waals surface area contributed by atoms with Crippen LogP contribution in [0.1, 0.15) is 23.3 Å². The number of imidazole rings is 1. The fraction of sp³-hybridized carbons (Fsp3) is 0.278. The minimum Gasteiger partial charge on any atom is -0.332 e. The molecule has 3 aromatic rings. The quantitative estimate of drug-likeness (QED) is 0.734. The lowest BCUT2D eigenvalue weighted by molar-refractivity contribution is 0.0713. The number of likely N-dealkylation sites (tertiary alicyclic amines) is 1. The molecule has 0 N–H and O–H groups in total. The maximum absolute atomic E-state index is 13.2. The maximum Gasteiger partial charge on any atom is 0.272 e. The highest BCUT2D eigenvalue weighted by atomic mass is 19.1. The van der Waals surface area contributed by atoms with E-state index in [-0.39, 0.29) is 17.8 Å². The summed E-state index contributed by atoms with van der Waals surface area (Å²) in [7, 11) is 0. The van der Waals surface area contributed by atoms with E-state index in [0.29, 0.717) is 17.9 Å². The van der Waals surface area contributed by atoms with Crippen molar-refractivity contribution in [3.05, 3.63) is 66.8 Å². The number of carbonyl (C=O) groups is 1. The lowest BCUT2D eigenvalue weighted by Gasteiger charge is -2.25. The summed E-state index contributed by atoms with van der Waals surface area (Å²) < 4.78 is 16.7. The molecule has 7 heteroatoms. The molecule has 1 atom stereocenters. The van der Waals surface area contributed by atoms with E-state index < -0.39 is 0 Å². The first-order valence-corrected chi connectivity index (χ1v) is 8.29. The summed E-state index contributed by atoms with van der Waals surface area (Å²) in [5, 5.41) is 4.24. The molecule has 3 heterocycles. The van der Waals surface area contributed by atoms with Crippen molar-refractivity contribution in [2.45, 2.75) is 25.4 Å². The third-order valence-corrected chi connectivity index (χ3v) is 4.56. The smallest absolute Gasteiger partial charge is 0.272 e. The predicted octanol–water partition coefficient (Wildman–Crippen LogP) is 2.51. The molecular weight excluding hydrogens is 321 g/mol. The third kappa shape index (κ3) is 3.05. The summed E-state index contributed by atoms with van der Waals surface area (Å²) in [6, 6.07) is 8.02. The fourth-order valence-electron chi connectivity index (χ4n) is 3.33. The lowest BCUT2D eigenvalue weighted by atomic mass is 10.2. The molecule has 1 aliphatic rings. The normalized spacial score (nSPS) is 17.2. The van der Waals surface area contributed by atoms with Crippen LogP contribution in [0.25, 0.3) is 5.69 Å². The van der Waals surface area contributed by atoms with Crippen LogP contribution >= 0.6 is 0 Å². The van der Waals surface area contributed by atoms with Gasteiger partial charge in [0.15, 0.2) is 0 Å². The Balaban J connectivity index is 1.58. The zero-order valence-electron chi connectivity index (χ0n) is 13.6. The first-order valence-electron chi connectivity index (χ1n) is 8.29. The van der Waals surface area contributed by atoms with Crippen LogP contribution in [-0.4, -0.2) is 42.7 Å². The standard InChI is InChI=1S/C18H18FN5O/c19-14-4-6-15(7-5-14)24-13-20-11-17(24)18(25)23-10-1-3-16(23)12-22-9-2-8-21-22/h2,4-9,11,13,16H,1,3,10,12H2/t16-/m0/s1. The fourth-order valence-corrected chi connectivity index (χ4v) is 3.33. The Hall–Kier alpha value is -2.96. The second-order valence-electron chi connectivity index (χ2n) is 6.15. The van der Waals surface area contributed by atoms with E-state index >= 15 is 0 Å². The molecule has 2 aromatic heterocycles. The molecule has 0 saturated carbocycles. The van der Waals surface area contributed by atoms with Gasteiger partial charge in [-0.15, -0.1) is 0 Å². The van der Waals surface area contributed by atoms with Gasteiger partial charge in [0.2, 0.25) is 0 Å². The summed E-state index contributed by atoms with van der Waals surface area (Å²) in [5.74, 6) is -0.368. The Labute approximate surface area is 144 Å². The minimum absolute atomic E-state index is 0.0588. The van der Waals surface area contributed by atoms with Crippen LogP contribution in [-0.2, 0) is 6.54 Å². The average molecular weight is 339 g/mol. The van der Waals surface area contributed by atoms with Gasteiger partial charge >= 0.3 is 0 Å². The van der Waals surface area contributed by atoms with Gasteiger partial charge in [-0.25, -0.2) is 9.37 Å². The van der Waals surface area contributed by atoms with Crippen molar-refractivity contribution in [2.75, 3.05) is 6.54 Å². The minimum atomic E-state index is -0.310. The topological polar surface area (TPSA) is 56.0 Å². The van der Waals surface area contributed by atoms with Gasteiger partial charge < -0.3 is 4.90 Å². The van der Waals surface area contributed by atoms with Gasteiger partial charge in [-0.2, -0.15) is 5.10 Å². The van der Waals surface area contributed by atoms with Crippen molar-refractivity contribution in [1.82, 2.24) is 24.2 Å².